The first-order valence-electron chi connectivity index (χ1n) is 3.99. The van der Waals surface area contributed by atoms with Crippen LogP contribution < -0.4 is 0 Å². The average Bonchev–Trinajstić information content (AvgIpc) is 2.57. The third-order valence-corrected chi connectivity index (χ3v) is 4.03. The number of hydrogen-bond donors (Lipinski definition) is 0. The quantitative estimate of drug-likeness (QED) is 0.607. The van der Waals surface area contributed by atoms with E-state index in [0.29, 0.717) is 0 Å². The molecule has 2 rings (SSSR count). The van der Waals surface area contributed by atoms with Crippen LogP contribution in [0.4, 0.5) is 0 Å². The molecule has 1 aliphatic rings. The first kappa shape index (κ1) is 8.69. The number of hydrogen-bond acceptors (Lipinski definition) is 3. The van der Waals surface area contributed by atoms with Crippen LogP contribution >= 0.6 is 23.1 Å². The first-order chi connectivity index (χ1) is 6.40. The molecular formula is C10H7NS2. The largest absolute Gasteiger partial charge is 0.183 e. The number of aryl methyl sites for hydroxylation is 1. The number of nitrogens with zero attached hydrogens (tertiary/aromatic N) is 1. The lowest BCUT2D eigenvalue weighted by Crippen LogP contribution is -1.96. The normalized spacial score (nSPS) is 13.8. The topological polar surface area (TPSA) is 23.8 Å². The Bertz CT molecular complexity index is 391. The van der Waals surface area contributed by atoms with Crippen LogP contribution in [0.15, 0.2) is 6.07 Å². The van der Waals surface area contributed by atoms with Gasteiger partial charge in [-0.25, -0.2) is 0 Å². The summed E-state index contributed by atoms with van der Waals surface area (Å²) in [5, 5.41) is 8.31. The van der Waals surface area contributed by atoms with Gasteiger partial charge < -0.3 is 0 Å². The third-order valence-electron chi connectivity index (χ3n) is 1.87. The van der Waals surface area contributed by atoms with Crippen LogP contribution in [0.1, 0.15) is 15.3 Å². The Morgan fingerprint density at radius 2 is 2.38 bits per heavy atom. The number of thiophene rings is 1. The van der Waals surface area contributed by atoms with Crippen LogP contribution in [0, 0.1) is 23.2 Å². The monoisotopic (exact) mass is 205 g/mol. The fraction of sp³-hybridized carbons (Fsp3) is 0.300. The van der Waals surface area contributed by atoms with Gasteiger partial charge in [0.25, 0.3) is 0 Å². The minimum absolute atomic E-state index is 1.04. The zero-order valence-corrected chi connectivity index (χ0v) is 8.60. The van der Waals surface area contributed by atoms with E-state index in [9.17, 15) is 0 Å². The first-order valence-corrected chi connectivity index (χ1v) is 5.96. The van der Waals surface area contributed by atoms with Gasteiger partial charge in [0, 0.05) is 16.6 Å². The molecule has 64 valence electrons. The summed E-state index contributed by atoms with van der Waals surface area (Å²) in [6.07, 6.45) is 1.17. The molecule has 1 aliphatic heterocycles. The van der Waals surface area contributed by atoms with Crippen molar-refractivity contribution in [3.8, 4) is 17.9 Å². The molecule has 2 heterocycles. The smallest absolute Gasteiger partial charge is 0.152 e. The Labute approximate surface area is 85.8 Å². The maximum absolute atomic E-state index is 8.31. The highest BCUT2D eigenvalue weighted by atomic mass is 32.2. The number of rotatable bonds is 0. The molecule has 1 nitrogen and oxygen atoms in total. The van der Waals surface area contributed by atoms with Crippen molar-refractivity contribution in [2.24, 2.45) is 0 Å². The van der Waals surface area contributed by atoms with Crippen LogP contribution in [-0.4, -0.2) is 5.75 Å². The van der Waals surface area contributed by atoms with Gasteiger partial charge in [-0.15, -0.1) is 11.3 Å². The van der Waals surface area contributed by atoms with E-state index < -0.39 is 0 Å². The summed E-state index contributed by atoms with van der Waals surface area (Å²) in [6, 6.07) is 3.96. The minimum atomic E-state index is 1.04. The molecule has 1 aromatic heterocycles. The van der Waals surface area contributed by atoms with Gasteiger partial charge in [-0.3, -0.25) is 0 Å². The molecule has 3 heteroatoms. The van der Waals surface area contributed by atoms with Crippen molar-refractivity contribution in [1.82, 2.24) is 0 Å². The lowest BCUT2D eigenvalue weighted by Gasteiger charge is -2.08. The van der Waals surface area contributed by atoms with Crippen LogP contribution in [0.3, 0.4) is 0 Å². The van der Waals surface area contributed by atoms with Gasteiger partial charge in [0.1, 0.15) is 0 Å². The zero-order valence-electron chi connectivity index (χ0n) is 6.96. The van der Waals surface area contributed by atoms with Gasteiger partial charge in [-0.2, -0.15) is 17.0 Å². The van der Waals surface area contributed by atoms with Gasteiger partial charge in [0.15, 0.2) is 6.07 Å². The fourth-order valence-electron chi connectivity index (χ4n) is 1.30. The van der Waals surface area contributed by atoms with Crippen molar-refractivity contribution in [3.05, 3.63) is 21.4 Å². The van der Waals surface area contributed by atoms with Gasteiger partial charge in [-0.05, 0) is 29.7 Å². The predicted molar refractivity (Wildman–Crippen MR) is 56.7 cm³/mol. The molecule has 0 radical (unpaired) electrons. The highest BCUT2D eigenvalue weighted by molar-refractivity contribution is 7.98. The molecular weight excluding hydrogens is 198 g/mol. The highest BCUT2D eigenvalue weighted by Crippen LogP contribution is 2.31. The van der Waals surface area contributed by atoms with E-state index in [1.807, 2.05) is 17.8 Å². The fourth-order valence-corrected chi connectivity index (χ4v) is 3.52. The average molecular weight is 205 g/mol. The molecule has 0 saturated carbocycles. The van der Waals surface area contributed by atoms with Crippen molar-refractivity contribution in [1.29, 1.82) is 5.26 Å². The molecule has 0 bridgehead atoms. The van der Waals surface area contributed by atoms with Crippen molar-refractivity contribution >= 4 is 23.1 Å². The molecule has 0 fully saturated rings. The zero-order chi connectivity index (χ0) is 9.10. The Kier molecular flexibility index (Phi) is 2.59. The lowest BCUT2D eigenvalue weighted by molar-refractivity contribution is 1.13. The standard InChI is InChI=1S/C10H7NS2/c11-4-1-2-9-6-8-7-12-5-3-10(8)13-9/h6H,3,5,7H2. The number of fused-ring (bicyclic) bond motifs is 1. The molecule has 0 aromatic carbocycles. The summed E-state index contributed by atoms with van der Waals surface area (Å²) in [7, 11) is 0. The molecule has 0 amide bonds. The summed E-state index contributed by atoms with van der Waals surface area (Å²) in [5.74, 6) is 7.61. The van der Waals surface area contributed by atoms with Crippen molar-refractivity contribution in [3.63, 3.8) is 0 Å². The van der Waals surface area contributed by atoms with E-state index in [1.165, 1.54) is 22.6 Å². The van der Waals surface area contributed by atoms with Crippen LogP contribution in [0.25, 0.3) is 0 Å². The van der Waals surface area contributed by atoms with Crippen LogP contribution in [0.2, 0.25) is 0 Å². The molecule has 1 aromatic rings. The molecule has 13 heavy (non-hydrogen) atoms. The molecule has 0 N–H and O–H groups in total. The van der Waals surface area contributed by atoms with Gasteiger partial charge in [0.05, 0.1) is 4.88 Å². The van der Waals surface area contributed by atoms with Crippen LogP contribution in [-0.2, 0) is 12.2 Å². The summed E-state index contributed by atoms with van der Waals surface area (Å²) >= 11 is 3.71. The van der Waals surface area contributed by atoms with Crippen molar-refractivity contribution in [2.45, 2.75) is 12.2 Å². The van der Waals surface area contributed by atoms with E-state index in [1.54, 1.807) is 11.3 Å². The maximum Gasteiger partial charge on any atom is 0.152 e. The molecule has 0 atom stereocenters. The second-order valence-corrected chi connectivity index (χ2v) is 4.97. The minimum Gasteiger partial charge on any atom is -0.183 e. The van der Waals surface area contributed by atoms with Gasteiger partial charge >= 0.3 is 0 Å². The van der Waals surface area contributed by atoms with E-state index in [2.05, 4.69) is 17.9 Å². The Balaban J connectivity index is 2.31. The second-order valence-electron chi connectivity index (χ2n) is 2.72. The van der Waals surface area contributed by atoms with E-state index >= 15 is 0 Å². The summed E-state index contributed by atoms with van der Waals surface area (Å²) in [6.45, 7) is 0. The Morgan fingerprint density at radius 1 is 1.46 bits per heavy atom. The summed E-state index contributed by atoms with van der Waals surface area (Å²) < 4.78 is 0. The Morgan fingerprint density at radius 3 is 3.15 bits per heavy atom. The maximum atomic E-state index is 8.31. The SMILES string of the molecule is N#CC#Cc1cc2c(s1)CCSC2. The number of nitriles is 1. The Hall–Kier alpha value is -0.900. The van der Waals surface area contributed by atoms with Crippen molar-refractivity contribution < 1.29 is 0 Å². The van der Waals surface area contributed by atoms with Crippen LogP contribution in [0.5, 0.6) is 0 Å². The van der Waals surface area contributed by atoms with E-state index in [-0.39, 0.29) is 0 Å². The van der Waals surface area contributed by atoms with E-state index in [4.69, 9.17) is 5.26 Å². The second kappa shape index (κ2) is 3.87. The summed E-state index contributed by atoms with van der Waals surface area (Å²) in [4.78, 5) is 2.50. The molecule has 0 aliphatic carbocycles. The van der Waals surface area contributed by atoms with E-state index in [0.717, 1.165) is 10.6 Å². The lowest BCUT2D eigenvalue weighted by atomic mass is 10.2. The van der Waals surface area contributed by atoms with Gasteiger partial charge in [-0.1, -0.05) is 0 Å². The van der Waals surface area contributed by atoms with Crippen molar-refractivity contribution in [2.75, 3.05) is 5.75 Å². The molecule has 0 spiro atoms. The number of thioether (sulfide) groups is 1. The molecule has 0 saturated heterocycles. The predicted octanol–water partition coefficient (Wildman–Crippen LogP) is 2.41. The third kappa shape index (κ3) is 1.88. The van der Waals surface area contributed by atoms with Gasteiger partial charge in [0.2, 0.25) is 0 Å². The summed E-state index contributed by atoms with van der Waals surface area (Å²) in [5.41, 5.74) is 1.42. The highest BCUT2D eigenvalue weighted by Gasteiger charge is 2.12. The molecule has 0 unspecified atom stereocenters.